The lowest BCUT2D eigenvalue weighted by Crippen LogP contribution is -1.73. The Balaban J connectivity index is 0.00000112. The summed E-state index contributed by atoms with van der Waals surface area (Å²) in [5, 5.41) is 0. The molecule has 0 bridgehead atoms. The fourth-order valence-electron chi connectivity index (χ4n) is 1.19. The Labute approximate surface area is 89.7 Å². The van der Waals surface area contributed by atoms with Crippen molar-refractivity contribution in [2.75, 3.05) is 0 Å². The molecule has 2 rings (SSSR count). The van der Waals surface area contributed by atoms with Crippen LogP contribution in [0.25, 0.3) is 0 Å². The number of rotatable bonds is 0. The van der Waals surface area contributed by atoms with Crippen molar-refractivity contribution in [3.05, 3.63) is 71.8 Å². The van der Waals surface area contributed by atoms with Gasteiger partial charge in [-0.15, -0.1) is 0 Å². The maximum absolute atomic E-state index is 3.11. The van der Waals surface area contributed by atoms with Gasteiger partial charge in [0.1, 0.15) is 0 Å². The molecule has 0 aliphatic carbocycles. The van der Waals surface area contributed by atoms with Crippen molar-refractivity contribution >= 4 is 0 Å². The van der Waals surface area contributed by atoms with Crippen LogP contribution in [-0.4, -0.2) is 5.48 Å². The normalized spacial score (nSPS) is 8.27. The minimum Gasteiger partial charge on any atom is -0.412 e. The lowest BCUT2D eigenvalue weighted by molar-refractivity contribution is 0.824. The molecule has 0 fully saturated rings. The van der Waals surface area contributed by atoms with Crippen LogP contribution in [0.1, 0.15) is 11.1 Å². The maximum Gasteiger partial charge on any atom is 0.0249 e. The fourth-order valence-corrected chi connectivity index (χ4v) is 1.19. The van der Waals surface area contributed by atoms with E-state index in [4.69, 9.17) is 0 Å². The van der Waals surface area contributed by atoms with E-state index < -0.39 is 0 Å². The predicted octanol–water partition coefficient (Wildman–Crippen LogP) is 2.26. The molecule has 2 aromatic carbocycles. The minimum absolute atomic E-state index is 0. The van der Waals surface area contributed by atoms with E-state index in [0.29, 0.717) is 0 Å². The van der Waals surface area contributed by atoms with E-state index in [1.165, 1.54) is 0 Å². The second-order valence-corrected chi connectivity index (χ2v) is 2.98. The van der Waals surface area contributed by atoms with Gasteiger partial charge in [-0.25, -0.2) is 0 Å². The standard InChI is InChI=1S/C14H10.H2O/c1-3-7-13(8-4-1)11-12-14-9-5-2-6-10-14;/h1-10H;1H2. The summed E-state index contributed by atoms with van der Waals surface area (Å²) in [6.45, 7) is 0. The third-order valence-electron chi connectivity index (χ3n) is 1.90. The molecule has 74 valence electrons. The van der Waals surface area contributed by atoms with Gasteiger partial charge in [0.25, 0.3) is 0 Å². The molecule has 0 aromatic heterocycles. The average molecular weight is 196 g/mol. The smallest absolute Gasteiger partial charge is 0.0249 e. The zero-order valence-electron chi connectivity index (χ0n) is 8.27. The molecule has 0 radical (unpaired) electrons. The van der Waals surface area contributed by atoms with Crippen LogP contribution in [-0.2, 0) is 0 Å². The molecule has 0 saturated heterocycles. The van der Waals surface area contributed by atoms with Crippen LogP contribution in [0, 0.1) is 11.8 Å². The van der Waals surface area contributed by atoms with Crippen molar-refractivity contribution in [2.45, 2.75) is 0 Å². The molecule has 0 amide bonds. The van der Waals surface area contributed by atoms with Crippen molar-refractivity contribution in [1.29, 1.82) is 0 Å². The summed E-state index contributed by atoms with van der Waals surface area (Å²) < 4.78 is 0. The second-order valence-electron chi connectivity index (χ2n) is 2.98. The quantitative estimate of drug-likeness (QED) is 0.579. The Morgan fingerprint density at radius 3 is 1.20 bits per heavy atom. The number of hydrogen-bond acceptors (Lipinski definition) is 0. The van der Waals surface area contributed by atoms with E-state index in [1.54, 1.807) is 0 Å². The molecule has 0 heterocycles. The van der Waals surface area contributed by atoms with Crippen LogP contribution in [0.2, 0.25) is 0 Å². The molecule has 0 saturated carbocycles. The van der Waals surface area contributed by atoms with E-state index in [-0.39, 0.29) is 5.48 Å². The van der Waals surface area contributed by atoms with Gasteiger partial charge in [0.05, 0.1) is 0 Å². The molecule has 0 spiro atoms. The largest absolute Gasteiger partial charge is 0.412 e. The van der Waals surface area contributed by atoms with Crippen LogP contribution < -0.4 is 0 Å². The van der Waals surface area contributed by atoms with E-state index >= 15 is 0 Å². The molecule has 0 unspecified atom stereocenters. The summed E-state index contributed by atoms with van der Waals surface area (Å²) in [4.78, 5) is 0. The van der Waals surface area contributed by atoms with Gasteiger partial charge in [0.15, 0.2) is 0 Å². The maximum atomic E-state index is 3.11. The summed E-state index contributed by atoms with van der Waals surface area (Å²) in [7, 11) is 0. The molecule has 0 atom stereocenters. The SMILES string of the molecule is C(#Cc1ccccc1)c1ccccc1.O. The van der Waals surface area contributed by atoms with Crippen molar-refractivity contribution in [1.82, 2.24) is 0 Å². The van der Waals surface area contributed by atoms with Crippen LogP contribution in [0.3, 0.4) is 0 Å². The third-order valence-corrected chi connectivity index (χ3v) is 1.90. The zero-order chi connectivity index (χ0) is 9.64. The van der Waals surface area contributed by atoms with Crippen LogP contribution in [0.15, 0.2) is 60.7 Å². The zero-order valence-corrected chi connectivity index (χ0v) is 8.27. The summed E-state index contributed by atoms with van der Waals surface area (Å²) in [5.74, 6) is 6.22. The second kappa shape index (κ2) is 5.64. The Bertz CT molecular complexity index is 405. The van der Waals surface area contributed by atoms with Crippen molar-refractivity contribution in [3.8, 4) is 11.8 Å². The number of benzene rings is 2. The van der Waals surface area contributed by atoms with E-state index in [9.17, 15) is 0 Å². The van der Waals surface area contributed by atoms with Gasteiger partial charge in [-0.05, 0) is 24.3 Å². The highest BCUT2D eigenvalue weighted by Gasteiger charge is 1.83. The molecule has 15 heavy (non-hydrogen) atoms. The molecule has 1 nitrogen and oxygen atoms in total. The Hall–Kier alpha value is -2.04. The van der Waals surface area contributed by atoms with Gasteiger partial charge in [-0.1, -0.05) is 48.2 Å². The first kappa shape index (κ1) is 11.0. The highest BCUT2D eigenvalue weighted by atomic mass is 16.0. The summed E-state index contributed by atoms with van der Waals surface area (Å²) in [6, 6.07) is 20.0. The first-order valence-corrected chi connectivity index (χ1v) is 4.57. The van der Waals surface area contributed by atoms with E-state index in [1.807, 2.05) is 60.7 Å². The Morgan fingerprint density at radius 1 is 0.533 bits per heavy atom. The topological polar surface area (TPSA) is 31.5 Å². The van der Waals surface area contributed by atoms with Gasteiger partial charge in [0.2, 0.25) is 0 Å². The summed E-state index contributed by atoms with van der Waals surface area (Å²) in [6.07, 6.45) is 0. The van der Waals surface area contributed by atoms with Crippen molar-refractivity contribution < 1.29 is 5.48 Å². The first-order valence-electron chi connectivity index (χ1n) is 4.57. The third kappa shape index (κ3) is 3.30. The molecule has 2 N–H and O–H groups in total. The Morgan fingerprint density at radius 2 is 0.867 bits per heavy atom. The van der Waals surface area contributed by atoms with Gasteiger partial charge in [-0.3, -0.25) is 0 Å². The van der Waals surface area contributed by atoms with E-state index in [2.05, 4.69) is 11.8 Å². The average Bonchev–Trinajstić information content (AvgIpc) is 2.29. The predicted molar refractivity (Wildman–Crippen MR) is 62.5 cm³/mol. The van der Waals surface area contributed by atoms with Crippen molar-refractivity contribution in [3.63, 3.8) is 0 Å². The highest BCUT2D eigenvalue weighted by Crippen LogP contribution is 1.98. The lowest BCUT2D eigenvalue weighted by atomic mass is 10.2. The van der Waals surface area contributed by atoms with Crippen molar-refractivity contribution in [2.24, 2.45) is 0 Å². The lowest BCUT2D eigenvalue weighted by Gasteiger charge is -1.88. The van der Waals surface area contributed by atoms with Gasteiger partial charge in [-0.2, -0.15) is 0 Å². The van der Waals surface area contributed by atoms with Crippen LogP contribution in [0.4, 0.5) is 0 Å². The minimum atomic E-state index is 0. The monoisotopic (exact) mass is 196 g/mol. The van der Waals surface area contributed by atoms with Gasteiger partial charge < -0.3 is 5.48 Å². The molecule has 0 aliphatic heterocycles. The fraction of sp³-hybridized carbons (Fsp3) is 0. The molecule has 2 aromatic rings. The summed E-state index contributed by atoms with van der Waals surface area (Å²) in [5.41, 5.74) is 2.10. The van der Waals surface area contributed by atoms with Crippen LogP contribution in [0.5, 0.6) is 0 Å². The summed E-state index contributed by atoms with van der Waals surface area (Å²) >= 11 is 0. The first-order chi connectivity index (χ1) is 6.95. The highest BCUT2D eigenvalue weighted by molar-refractivity contribution is 5.42. The van der Waals surface area contributed by atoms with E-state index in [0.717, 1.165) is 11.1 Å². The van der Waals surface area contributed by atoms with Gasteiger partial charge in [0, 0.05) is 11.1 Å². The van der Waals surface area contributed by atoms with Crippen LogP contribution >= 0.6 is 0 Å². The molecular formula is C14H12O. The van der Waals surface area contributed by atoms with Gasteiger partial charge >= 0.3 is 0 Å². The molecule has 0 aliphatic rings. The molecule has 1 heteroatoms. The molecular weight excluding hydrogens is 184 g/mol. The number of hydrogen-bond donors (Lipinski definition) is 0. The Kier molecular flexibility index (Phi) is 4.15.